The Kier molecular flexibility index (Phi) is 5.59. The number of para-hydroxylation sites is 1. The number of carbonyl (C=O) groups excluding carboxylic acids is 1. The van der Waals surface area contributed by atoms with Crippen molar-refractivity contribution in [3.63, 3.8) is 0 Å². The maximum absolute atomic E-state index is 12.0. The first-order valence-corrected chi connectivity index (χ1v) is 7.84. The van der Waals surface area contributed by atoms with Crippen molar-refractivity contribution >= 4 is 28.5 Å². The molecule has 0 atom stereocenters. The third kappa shape index (κ3) is 4.09. The van der Waals surface area contributed by atoms with Gasteiger partial charge in [-0.05, 0) is 41.6 Å². The number of pyridine rings is 1. The van der Waals surface area contributed by atoms with Gasteiger partial charge in [-0.2, -0.15) is 0 Å². The van der Waals surface area contributed by atoms with Crippen LogP contribution in [-0.2, 0) is 17.9 Å². The predicted molar refractivity (Wildman–Crippen MR) is 93.0 cm³/mol. The lowest BCUT2D eigenvalue weighted by molar-refractivity contribution is -0.121. The number of aromatic nitrogens is 1. The van der Waals surface area contributed by atoms with Crippen molar-refractivity contribution < 1.29 is 9.53 Å². The Balaban J connectivity index is 2.04. The molecule has 1 N–H and O–H groups in total. The van der Waals surface area contributed by atoms with Crippen molar-refractivity contribution in [1.82, 2.24) is 9.88 Å². The number of rotatable bonds is 5. The molecule has 1 amide bonds. The zero-order valence-corrected chi connectivity index (χ0v) is 14.6. The Labute approximate surface area is 142 Å². The van der Waals surface area contributed by atoms with E-state index in [0.29, 0.717) is 12.1 Å². The lowest BCUT2D eigenvalue weighted by atomic mass is 10.2. The lowest BCUT2D eigenvalue weighted by Crippen LogP contribution is -2.32. The Hall–Kier alpha value is -1.83. The van der Waals surface area contributed by atoms with Gasteiger partial charge in [-0.15, -0.1) is 0 Å². The number of nitrogens with zero attached hydrogens (tertiary/aromatic N) is 1. The smallest absolute Gasteiger partial charge is 0.253 e. The largest absolute Gasteiger partial charge is 0.496 e. The number of hydrogen-bond acceptors (Lipinski definition) is 3. The van der Waals surface area contributed by atoms with Crippen molar-refractivity contribution in [2.75, 3.05) is 7.11 Å². The van der Waals surface area contributed by atoms with E-state index in [1.165, 1.54) is 4.57 Å². The van der Waals surface area contributed by atoms with E-state index in [-0.39, 0.29) is 18.0 Å². The van der Waals surface area contributed by atoms with E-state index in [2.05, 4.69) is 27.9 Å². The molecular weight excluding hydrogens is 395 g/mol. The molecule has 2 aromatic rings. The molecule has 1 aromatic carbocycles. The molecular formula is C16H17IN2O3. The molecule has 6 heteroatoms. The summed E-state index contributed by atoms with van der Waals surface area (Å²) in [5.41, 5.74) is 1.38. The SMILES string of the molecule is COc1ccccc1CNC(=O)Cn1cc(I)cc(C)c1=O. The van der Waals surface area contributed by atoms with Crippen LogP contribution in [0.25, 0.3) is 0 Å². The average Bonchev–Trinajstić information content (AvgIpc) is 2.50. The third-order valence-corrected chi connectivity index (χ3v) is 3.80. The normalized spacial score (nSPS) is 10.3. The van der Waals surface area contributed by atoms with Crippen LogP contribution in [0.15, 0.2) is 41.3 Å². The molecule has 2 rings (SSSR count). The van der Waals surface area contributed by atoms with Gasteiger partial charge in [0.1, 0.15) is 12.3 Å². The van der Waals surface area contributed by atoms with Crippen LogP contribution in [0.4, 0.5) is 0 Å². The standard InChI is InChI=1S/C16H17IN2O3/c1-11-7-13(17)9-19(16(11)21)10-15(20)18-8-12-5-3-4-6-14(12)22-2/h3-7,9H,8,10H2,1-2H3,(H,18,20). The second kappa shape index (κ2) is 7.44. The van der Waals surface area contributed by atoms with Gasteiger partial charge in [-0.1, -0.05) is 18.2 Å². The minimum Gasteiger partial charge on any atom is -0.496 e. The van der Waals surface area contributed by atoms with Crippen LogP contribution < -0.4 is 15.6 Å². The summed E-state index contributed by atoms with van der Waals surface area (Å²) in [6, 6.07) is 9.29. The van der Waals surface area contributed by atoms with Gasteiger partial charge in [0.15, 0.2) is 0 Å². The highest BCUT2D eigenvalue weighted by molar-refractivity contribution is 14.1. The maximum atomic E-state index is 12.0. The molecule has 0 radical (unpaired) electrons. The summed E-state index contributed by atoms with van der Waals surface area (Å²) < 4.78 is 7.59. The van der Waals surface area contributed by atoms with E-state index in [0.717, 1.165) is 14.9 Å². The van der Waals surface area contributed by atoms with Crippen molar-refractivity contribution in [1.29, 1.82) is 0 Å². The molecule has 1 aromatic heterocycles. The number of ether oxygens (including phenoxy) is 1. The van der Waals surface area contributed by atoms with Gasteiger partial charge in [0.05, 0.1) is 7.11 Å². The van der Waals surface area contributed by atoms with E-state index in [4.69, 9.17) is 4.74 Å². The Bertz CT molecular complexity index is 740. The van der Waals surface area contributed by atoms with Gasteiger partial charge in [-0.25, -0.2) is 0 Å². The maximum Gasteiger partial charge on any atom is 0.253 e. The van der Waals surface area contributed by atoms with Gasteiger partial charge in [-0.3, -0.25) is 9.59 Å². The van der Waals surface area contributed by atoms with E-state index >= 15 is 0 Å². The molecule has 5 nitrogen and oxygen atoms in total. The first kappa shape index (κ1) is 16.5. The van der Waals surface area contributed by atoms with Crippen molar-refractivity contribution in [2.45, 2.75) is 20.0 Å². The van der Waals surface area contributed by atoms with E-state index in [1.807, 2.05) is 24.3 Å². The number of carbonyl (C=O) groups is 1. The Morgan fingerprint density at radius 3 is 2.82 bits per heavy atom. The van der Waals surface area contributed by atoms with Gasteiger partial charge in [0.25, 0.3) is 5.56 Å². The van der Waals surface area contributed by atoms with Crippen molar-refractivity contribution in [2.24, 2.45) is 0 Å². The molecule has 0 saturated carbocycles. The lowest BCUT2D eigenvalue weighted by Gasteiger charge is -2.11. The van der Waals surface area contributed by atoms with Crippen LogP contribution in [0.2, 0.25) is 0 Å². The molecule has 116 valence electrons. The third-order valence-electron chi connectivity index (χ3n) is 3.21. The number of nitrogens with one attached hydrogen (secondary N) is 1. The molecule has 0 aliphatic heterocycles. The molecule has 0 fully saturated rings. The molecule has 0 spiro atoms. The monoisotopic (exact) mass is 412 g/mol. The first-order chi connectivity index (χ1) is 10.5. The minimum atomic E-state index is -0.214. The van der Waals surface area contributed by atoms with Gasteiger partial charge in [0, 0.05) is 27.4 Å². The predicted octanol–water partition coefficient (Wildman–Crippen LogP) is 2.09. The number of benzene rings is 1. The highest BCUT2D eigenvalue weighted by Gasteiger charge is 2.08. The zero-order valence-electron chi connectivity index (χ0n) is 12.4. The van der Waals surface area contributed by atoms with Gasteiger partial charge < -0.3 is 14.6 Å². The second-order valence-electron chi connectivity index (χ2n) is 4.86. The fraction of sp³-hybridized carbons (Fsp3) is 0.250. The zero-order chi connectivity index (χ0) is 16.1. The molecule has 0 aliphatic rings. The van der Waals surface area contributed by atoms with Crippen molar-refractivity contribution in [3.05, 3.63) is 61.6 Å². The Morgan fingerprint density at radius 2 is 2.09 bits per heavy atom. The van der Waals surface area contributed by atoms with E-state index < -0.39 is 0 Å². The quantitative estimate of drug-likeness (QED) is 0.766. The number of aryl methyl sites for hydroxylation is 1. The molecule has 0 saturated heterocycles. The van der Waals surface area contributed by atoms with Crippen LogP contribution in [0.3, 0.4) is 0 Å². The van der Waals surface area contributed by atoms with Crippen LogP contribution in [0.1, 0.15) is 11.1 Å². The highest BCUT2D eigenvalue weighted by Crippen LogP contribution is 2.16. The summed E-state index contributed by atoms with van der Waals surface area (Å²) in [7, 11) is 1.59. The van der Waals surface area contributed by atoms with Crippen LogP contribution in [0, 0.1) is 10.5 Å². The van der Waals surface area contributed by atoms with E-state index in [9.17, 15) is 9.59 Å². The number of hydrogen-bond donors (Lipinski definition) is 1. The Morgan fingerprint density at radius 1 is 1.36 bits per heavy atom. The topological polar surface area (TPSA) is 60.3 Å². The summed E-state index contributed by atoms with van der Waals surface area (Å²) in [5, 5.41) is 2.81. The highest BCUT2D eigenvalue weighted by atomic mass is 127. The first-order valence-electron chi connectivity index (χ1n) is 6.76. The molecule has 0 unspecified atom stereocenters. The fourth-order valence-electron chi connectivity index (χ4n) is 2.11. The number of amides is 1. The fourth-order valence-corrected chi connectivity index (χ4v) is 2.91. The average molecular weight is 412 g/mol. The molecule has 0 bridgehead atoms. The summed E-state index contributed by atoms with van der Waals surface area (Å²) in [5.74, 6) is 0.513. The van der Waals surface area contributed by atoms with Crippen LogP contribution in [-0.4, -0.2) is 17.6 Å². The van der Waals surface area contributed by atoms with Gasteiger partial charge in [0.2, 0.25) is 5.91 Å². The minimum absolute atomic E-state index is 0.00562. The second-order valence-corrected chi connectivity index (χ2v) is 6.11. The van der Waals surface area contributed by atoms with Crippen LogP contribution in [0.5, 0.6) is 5.75 Å². The summed E-state index contributed by atoms with van der Waals surface area (Å²) >= 11 is 2.13. The van der Waals surface area contributed by atoms with E-state index in [1.54, 1.807) is 26.3 Å². The summed E-state index contributed by atoms with van der Waals surface area (Å²) in [4.78, 5) is 24.0. The molecule has 0 aliphatic carbocycles. The molecule has 22 heavy (non-hydrogen) atoms. The van der Waals surface area contributed by atoms with Crippen molar-refractivity contribution in [3.8, 4) is 5.75 Å². The molecule has 1 heterocycles. The number of methoxy groups -OCH3 is 1. The summed E-state index contributed by atoms with van der Waals surface area (Å²) in [6.07, 6.45) is 1.68. The van der Waals surface area contributed by atoms with Gasteiger partial charge >= 0.3 is 0 Å². The summed E-state index contributed by atoms with van der Waals surface area (Å²) in [6.45, 7) is 2.11. The number of halogens is 1. The van der Waals surface area contributed by atoms with Crippen LogP contribution >= 0.6 is 22.6 Å².